The van der Waals surface area contributed by atoms with Crippen molar-refractivity contribution in [2.24, 2.45) is 17.8 Å². The first-order chi connectivity index (χ1) is 9.81. The molecule has 1 heterocycles. The Morgan fingerprint density at radius 3 is 2.60 bits per heavy atom. The Balaban J connectivity index is 1.45. The third kappa shape index (κ3) is 2.75. The molecule has 0 aromatic heterocycles. The summed E-state index contributed by atoms with van der Waals surface area (Å²) in [6.07, 6.45) is 6.97. The molecule has 1 N–H and O–H groups in total. The number of hydrogen-bond acceptors (Lipinski definition) is 2. The highest BCUT2D eigenvalue weighted by Crippen LogP contribution is 2.49. The Morgan fingerprint density at radius 1 is 1.15 bits per heavy atom. The van der Waals surface area contributed by atoms with E-state index in [2.05, 4.69) is 39.4 Å². The SMILES string of the molecule is Brc1ccc2c(c1)C(NCC(C1CC1)C1CC1)CCO2. The maximum atomic E-state index is 5.77. The third-order valence-corrected chi connectivity index (χ3v) is 5.56. The number of halogens is 1. The number of fused-ring (bicyclic) bond motifs is 1. The Kier molecular flexibility index (Phi) is 3.51. The number of nitrogens with one attached hydrogen (secondary N) is 1. The largest absolute Gasteiger partial charge is 0.493 e. The van der Waals surface area contributed by atoms with Crippen LogP contribution in [0.1, 0.15) is 43.7 Å². The number of ether oxygens (including phenoxy) is 1. The van der Waals surface area contributed by atoms with Crippen LogP contribution in [0.2, 0.25) is 0 Å². The highest BCUT2D eigenvalue weighted by atomic mass is 79.9. The zero-order valence-corrected chi connectivity index (χ0v) is 13.4. The van der Waals surface area contributed by atoms with Crippen LogP contribution in [0.15, 0.2) is 22.7 Å². The molecule has 2 saturated carbocycles. The average molecular weight is 336 g/mol. The molecule has 1 aliphatic heterocycles. The van der Waals surface area contributed by atoms with Crippen LogP contribution < -0.4 is 10.1 Å². The van der Waals surface area contributed by atoms with E-state index in [4.69, 9.17) is 4.74 Å². The predicted molar refractivity (Wildman–Crippen MR) is 83.9 cm³/mol. The second-order valence-corrected chi connectivity index (χ2v) is 7.53. The van der Waals surface area contributed by atoms with Crippen LogP contribution in [0.5, 0.6) is 5.75 Å². The molecule has 0 spiro atoms. The Bertz CT molecular complexity index is 484. The minimum absolute atomic E-state index is 0.469. The van der Waals surface area contributed by atoms with Crippen molar-refractivity contribution in [1.29, 1.82) is 0 Å². The first-order valence-corrected chi connectivity index (χ1v) is 8.76. The Morgan fingerprint density at radius 2 is 1.90 bits per heavy atom. The van der Waals surface area contributed by atoms with Gasteiger partial charge >= 0.3 is 0 Å². The maximum Gasteiger partial charge on any atom is 0.124 e. The number of rotatable bonds is 5. The molecular weight excluding hydrogens is 314 g/mol. The maximum absolute atomic E-state index is 5.77. The number of hydrogen-bond donors (Lipinski definition) is 1. The molecule has 1 unspecified atom stereocenters. The lowest BCUT2D eigenvalue weighted by Gasteiger charge is -2.29. The van der Waals surface area contributed by atoms with Crippen LogP contribution in [0, 0.1) is 17.8 Å². The topological polar surface area (TPSA) is 21.3 Å². The molecule has 1 aromatic carbocycles. The molecule has 2 fully saturated rings. The molecule has 0 saturated heterocycles. The molecule has 2 aliphatic carbocycles. The van der Waals surface area contributed by atoms with Crippen LogP contribution in [0.3, 0.4) is 0 Å². The average Bonchev–Trinajstić information content (AvgIpc) is 3.33. The summed E-state index contributed by atoms with van der Waals surface area (Å²) in [6.45, 7) is 2.04. The van der Waals surface area contributed by atoms with Gasteiger partial charge in [-0.15, -0.1) is 0 Å². The molecule has 20 heavy (non-hydrogen) atoms. The van der Waals surface area contributed by atoms with Crippen molar-refractivity contribution >= 4 is 15.9 Å². The van der Waals surface area contributed by atoms with Gasteiger partial charge in [0.05, 0.1) is 6.61 Å². The fourth-order valence-corrected chi connectivity index (χ4v) is 4.00. The smallest absolute Gasteiger partial charge is 0.124 e. The predicted octanol–water partition coefficient (Wildman–Crippen LogP) is 4.30. The van der Waals surface area contributed by atoms with Crippen LogP contribution in [0.4, 0.5) is 0 Å². The Labute approximate surface area is 129 Å². The lowest BCUT2D eigenvalue weighted by atomic mass is 9.95. The van der Waals surface area contributed by atoms with Crippen molar-refractivity contribution in [3.8, 4) is 5.75 Å². The fraction of sp³-hybridized carbons (Fsp3) is 0.647. The van der Waals surface area contributed by atoms with Crippen LogP contribution in [-0.2, 0) is 0 Å². The molecular formula is C17H22BrNO. The van der Waals surface area contributed by atoms with Crippen molar-refractivity contribution in [1.82, 2.24) is 5.32 Å². The van der Waals surface area contributed by atoms with Gasteiger partial charge < -0.3 is 10.1 Å². The lowest BCUT2D eigenvalue weighted by molar-refractivity contribution is 0.243. The highest BCUT2D eigenvalue weighted by molar-refractivity contribution is 9.10. The summed E-state index contributed by atoms with van der Waals surface area (Å²) >= 11 is 3.58. The van der Waals surface area contributed by atoms with Gasteiger partial charge in [0.2, 0.25) is 0 Å². The molecule has 4 rings (SSSR count). The van der Waals surface area contributed by atoms with Crippen molar-refractivity contribution in [2.45, 2.75) is 38.1 Å². The van der Waals surface area contributed by atoms with Gasteiger partial charge in [0, 0.05) is 22.5 Å². The minimum Gasteiger partial charge on any atom is -0.493 e. The molecule has 0 amide bonds. The molecule has 108 valence electrons. The summed E-state index contributed by atoms with van der Waals surface area (Å²) in [4.78, 5) is 0. The van der Waals surface area contributed by atoms with Crippen LogP contribution in [-0.4, -0.2) is 13.2 Å². The van der Waals surface area contributed by atoms with Gasteiger partial charge in [-0.1, -0.05) is 15.9 Å². The van der Waals surface area contributed by atoms with Gasteiger partial charge in [0.15, 0.2) is 0 Å². The van der Waals surface area contributed by atoms with E-state index in [1.807, 2.05) is 0 Å². The van der Waals surface area contributed by atoms with Gasteiger partial charge in [-0.25, -0.2) is 0 Å². The van der Waals surface area contributed by atoms with E-state index < -0.39 is 0 Å². The molecule has 2 nitrogen and oxygen atoms in total. The quantitative estimate of drug-likeness (QED) is 0.866. The molecule has 1 aromatic rings. The monoisotopic (exact) mass is 335 g/mol. The van der Waals surface area contributed by atoms with Crippen LogP contribution in [0.25, 0.3) is 0 Å². The second-order valence-electron chi connectivity index (χ2n) is 6.62. The molecule has 0 radical (unpaired) electrons. The van der Waals surface area contributed by atoms with E-state index >= 15 is 0 Å². The van der Waals surface area contributed by atoms with Crippen LogP contribution >= 0.6 is 15.9 Å². The Hall–Kier alpha value is -0.540. The molecule has 1 atom stereocenters. The highest BCUT2D eigenvalue weighted by Gasteiger charge is 2.41. The van der Waals surface area contributed by atoms with Gasteiger partial charge in [-0.2, -0.15) is 0 Å². The molecule has 3 heteroatoms. The number of benzene rings is 1. The summed E-state index contributed by atoms with van der Waals surface area (Å²) in [7, 11) is 0. The first-order valence-electron chi connectivity index (χ1n) is 7.97. The third-order valence-electron chi connectivity index (χ3n) is 5.07. The first kappa shape index (κ1) is 13.1. The normalized spacial score (nSPS) is 25.4. The summed E-state index contributed by atoms with van der Waals surface area (Å²) in [5.41, 5.74) is 1.33. The molecule has 3 aliphatic rings. The van der Waals surface area contributed by atoms with Gasteiger partial charge in [-0.3, -0.25) is 0 Å². The van der Waals surface area contributed by atoms with Crippen molar-refractivity contribution in [3.05, 3.63) is 28.2 Å². The van der Waals surface area contributed by atoms with Gasteiger partial charge in [-0.05, 0) is 68.2 Å². The lowest BCUT2D eigenvalue weighted by Crippen LogP contribution is -2.32. The standard InChI is InChI=1S/C17H22BrNO/c18-13-5-6-17-14(9-13)16(7-8-20-17)19-10-15(11-1-2-11)12-3-4-12/h5-6,9,11-12,15-16,19H,1-4,7-8,10H2. The summed E-state index contributed by atoms with van der Waals surface area (Å²) in [6, 6.07) is 6.84. The molecule has 0 bridgehead atoms. The summed E-state index contributed by atoms with van der Waals surface area (Å²) < 4.78 is 6.92. The van der Waals surface area contributed by atoms with E-state index in [1.54, 1.807) is 0 Å². The van der Waals surface area contributed by atoms with E-state index in [0.717, 1.165) is 41.0 Å². The zero-order valence-electron chi connectivity index (χ0n) is 11.8. The summed E-state index contributed by atoms with van der Waals surface area (Å²) in [5, 5.41) is 3.85. The zero-order chi connectivity index (χ0) is 13.5. The van der Waals surface area contributed by atoms with E-state index in [-0.39, 0.29) is 0 Å². The summed E-state index contributed by atoms with van der Waals surface area (Å²) in [5.74, 6) is 4.05. The van der Waals surface area contributed by atoms with E-state index in [1.165, 1.54) is 37.8 Å². The minimum atomic E-state index is 0.469. The van der Waals surface area contributed by atoms with Crippen molar-refractivity contribution < 1.29 is 4.74 Å². The fourth-order valence-electron chi connectivity index (χ4n) is 3.62. The van der Waals surface area contributed by atoms with E-state index in [9.17, 15) is 0 Å². The second kappa shape index (κ2) is 5.34. The van der Waals surface area contributed by atoms with Crippen molar-refractivity contribution in [2.75, 3.05) is 13.2 Å². The van der Waals surface area contributed by atoms with Gasteiger partial charge in [0.1, 0.15) is 5.75 Å². The van der Waals surface area contributed by atoms with Gasteiger partial charge in [0.25, 0.3) is 0 Å². The van der Waals surface area contributed by atoms with E-state index in [0.29, 0.717) is 6.04 Å². The van der Waals surface area contributed by atoms with Crippen molar-refractivity contribution in [3.63, 3.8) is 0 Å².